The average molecular weight is 280 g/mol. The Labute approximate surface area is 120 Å². The molecule has 20 heavy (non-hydrogen) atoms. The van der Waals surface area contributed by atoms with Gasteiger partial charge in [-0.15, -0.1) is 0 Å². The summed E-state index contributed by atoms with van der Waals surface area (Å²) in [5, 5.41) is 2.95. The fraction of sp³-hybridized carbons (Fsp3) is 0.562. The highest BCUT2D eigenvalue weighted by molar-refractivity contribution is 5.83. The number of nitrogens with one attached hydrogen (secondary N) is 1. The highest BCUT2D eigenvalue weighted by Gasteiger charge is 2.34. The van der Waals surface area contributed by atoms with Crippen LogP contribution in [0.2, 0.25) is 0 Å². The molecule has 1 atom stereocenters. The van der Waals surface area contributed by atoms with Gasteiger partial charge in [0.1, 0.15) is 5.82 Å². The van der Waals surface area contributed by atoms with Crippen molar-refractivity contribution in [1.82, 2.24) is 5.32 Å². The molecule has 0 aliphatic rings. The minimum absolute atomic E-state index is 0.0570. The van der Waals surface area contributed by atoms with Crippen molar-refractivity contribution >= 4 is 5.91 Å². The molecule has 3 nitrogen and oxygen atoms in total. The number of carbonyl (C=O) groups excluding carboxylic acids is 1. The monoisotopic (exact) mass is 280 g/mol. The van der Waals surface area contributed by atoms with E-state index in [1.54, 1.807) is 13.0 Å². The van der Waals surface area contributed by atoms with Gasteiger partial charge in [0.05, 0.1) is 11.5 Å². The molecule has 3 N–H and O–H groups in total. The maximum absolute atomic E-state index is 13.6. The first-order valence-electron chi connectivity index (χ1n) is 7.17. The molecule has 0 radical (unpaired) electrons. The van der Waals surface area contributed by atoms with Crippen LogP contribution in [0.1, 0.15) is 50.8 Å². The molecule has 1 amide bonds. The van der Waals surface area contributed by atoms with E-state index in [1.807, 2.05) is 26.8 Å². The smallest absolute Gasteiger partial charge is 0.227 e. The summed E-state index contributed by atoms with van der Waals surface area (Å²) in [6.45, 7) is 7.82. The van der Waals surface area contributed by atoms with Crippen LogP contribution in [0, 0.1) is 18.2 Å². The van der Waals surface area contributed by atoms with Gasteiger partial charge in [-0.1, -0.05) is 26.0 Å². The van der Waals surface area contributed by atoms with Gasteiger partial charge in [0.2, 0.25) is 5.91 Å². The number of benzene rings is 1. The summed E-state index contributed by atoms with van der Waals surface area (Å²) in [6.07, 6.45) is 1.39. The van der Waals surface area contributed by atoms with Crippen LogP contribution in [0.15, 0.2) is 18.2 Å². The summed E-state index contributed by atoms with van der Waals surface area (Å²) in [6, 6.07) is 4.80. The second-order valence-corrected chi connectivity index (χ2v) is 5.40. The number of aryl methyl sites for hydroxylation is 1. The van der Waals surface area contributed by atoms with Crippen molar-refractivity contribution in [2.24, 2.45) is 11.1 Å². The Bertz CT molecular complexity index is 461. The lowest BCUT2D eigenvalue weighted by Crippen LogP contribution is -2.46. The summed E-state index contributed by atoms with van der Waals surface area (Å²) < 4.78 is 13.6. The molecule has 1 aromatic carbocycles. The van der Waals surface area contributed by atoms with E-state index < -0.39 is 5.41 Å². The topological polar surface area (TPSA) is 55.1 Å². The van der Waals surface area contributed by atoms with Crippen LogP contribution in [0.4, 0.5) is 4.39 Å². The molecular weight excluding hydrogens is 255 g/mol. The number of nitrogens with two attached hydrogens (primary N) is 1. The van der Waals surface area contributed by atoms with Gasteiger partial charge in [0, 0.05) is 6.54 Å². The van der Waals surface area contributed by atoms with Crippen LogP contribution in [-0.4, -0.2) is 12.5 Å². The predicted molar refractivity (Wildman–Crippen MR) is 79.8 cm³/mol. The van der Waals surface area contributed by atoms with Gasteiger partial charge in [-0.05, 0) is 43.9 Å². The van der Waals surface area contributed by atoms with Gasteiger partial charge < -0.3 is 11.1 Å². The molecule has 0 spiro atoms. The van der Waals surface area contributed by atoms with Crippen LogP contribution in [0.3, 0.4) is 0 Å². The fourth-order valence-electron chi connectivity index (χ4n) is 2.26. The van der Waals surface area contributed by atoms with Crippen LogP contribution < -0.4 is 11.1 Å². The minimum Gasteiger partial charge on any atom is -0.349 e. The molecular formula is C16H25FN2O. The first-order valence-corrected chi connectivity index (χ1v) is 7.17. The lowest BCUT2D eigenvalue weighted by molar-refractivity contribution is -0.131. The van der Waals surface area contributed by atoms with Crippen molar-refractivity contribution in [2.45, 2.75) is 46.6 Å². The van der Waals surface area contributed by atoms with Crippen molar-refractivity contribution in [3.63, 3.8) is 0 Å². The summed E-state index contributed by atoms with van der Waals surface area (Å²) in [5.41, 5.74) is 6.60. The van der Waals surface area contributed by atoms with E-state index in [1.165, 1.54) is 6.07 Å². The third kappa shape index (κ3) is 3.37. The molecule has 0 aromatic heterocycles. The first kappa shape index (κ1) is 16.6. The Morgan fingerprint density at radius 1 is 1.40 bits per heavy atom. The number of halogens is 1. The first-order chi connectivity index (χ1) is 9.40. The lowest BCUT2D eigenvalue weighted by Gasteiger charge is -2.30. The van der Waals surface area contributed by atoms with E-state index in [9.17, 15) is 9.18 Å². The number of hydrogen-bond acceptors (Lipinski definition) is 2. The summed E-state index contributed by atoms with van der Waals surface area (Å²) in [4.78, 5) is 12.4. The Kier molecular flexibility index (Phi) is 5.69. The molecule has 1 unspecified atom stereocenters. The maximum Gasteiger partial charge on any atom is 0.227 e. The second kappa shape index (κ2) is 6.84. The third-order valence-electron chi connectivity index (χ3n) is 4.27. The normalized spacial score (nSPS) is 13.1. The van der Waals surface area contributed by atoms with Crippen molar-refractivity contribution in [3.8, 4) is 0 Å². The molecule has 0 heterocycles. The van der Waals surface area contributed by atoms with E-state index in [-0.39, 0.29) is 17.8 Å². The highest BCUT2D eigenvalue weighted by atomic mass is 19.1. The summed E-state index contributed by atoms with van der Waals surface area (Å²) in [5.74, 6) is -0.307. The largest absolute Gasteiger partial charge is 0.349 e. The zero-order chi connectivity index (χ0) is 15.3. The van der Waals surface area contributed by atoms with Gasteiger partial charge in [-0.2, -0.15) is 0 Å². The van der Waals surface area contributed by atoms with Gasteiger partial charge >= 0.3 is 0 Å². The Morgan fingerprint density at radius 3 is 2.45 bits per heavy atom. The van der Waals surface area contributed by atoms with Crippen molar-refractivity contribution in [2.75, 3.05) is 6.54 Å². The lowest BCUT2D eigenvalue weighted by atomic mass is 9.81. The molecule has 0 fully saturated rings. The Morgan fingerprint density at radius 2 is 2.00 bits per heavy atom. The average Bonchev–Trinajstić information content (AvgIpc) is 2.44. The van der Waals surface area contributed by atoms with E-state index in [0.29, 0.717) is 24.9 Å². The number of carbonyl (C=O) groups is 1. The zero-order valence-electron chi connectivity index (χ0n) is 12.8. The maximum atomic E-state index is 13.6. The van der Waals surface area contributed by atoms with E-state index in [0.717, 1.165) is 5.56 Å². The zero-order valence-corrected chi connectivity index (χ0v) is 12.8. The molecule has 4 heteroatoms. The van der Waals surface area contributed by atoms with Crippen molar-refractivity contribution < 1.29 is 9.18 Å². The van der Waals surface area contributed by atoms with Gasteiger partial charge in [-0.3, -0.25) is 4.79 Å². The van der Waals surface area contributed by atoms with Crippen LogP contribution in [0.5, 0.6) is 0 Å². The highest BCUT2D eigenvalue weighted by Crippen LogP contribution is 2.26. The standard InChI is InChI=1S/C16H25FN2O/c1-5-16(6-2,10-18)15(20)19-12(4)13-8-7-11(3)14(17)9-13/h7-9,12H,5-6,10,18H2,1-4H3,(H,19,20). The van der Waals surface area contributed by atoms with Gasteiger partial charge in [0.25, 0.3) is 0 Å². The second-order valence-electron chi connectivity index (χ2n) is 5.40. The van der Waals surface area contributed by atoms with Crippen LogP contribution >= 0.6 is 0 Å². The molecule has 0 saturated carbocycles. The number of rotatable bonds is 6. The predicted octanol–water partition coefficient (Wildman–Crippen LogP) is 3.08. The van der Waals surface area contributed by atoms with Gasteiger partial charge in [-0.25, -0.2) is 4.39 Å². The molecule has 112 valence electrons. The minimum atomic E-state index is -0.530. The van der Waals surface area contributed by atoms with Crippen LogP contribution in [-0.2, 0) is 4.79 Å². The van der Waals surface area contributed by atoms with E-state index in [4.69, 9.17) is 5.73 Å². The number of hydrogen-bond donors (Lipinski definition) is 2. The SMILES string of the molecule is CCC(CC)(CN)C(=O)NC(C)c1ccc(C)c(F)c1. The van der Waals surface area contributed by atoms with Gasteiger partial charge in [0.15, 0.2) is 0 Å². The molecule has 0 saturated heterocycles. The molecule has 1 rings (SSSR count). The molecule has 1 aromatic rings. The van der Waals surface area contributed by atoms with E-state index >= 15 is 0 Å². The summed E-state index contributed by atoms with van der Waals surface area (Å²) in [7, 11) is 0. The fourth-order valence-corrected chi connectivity index (χ4v) is 2.26. The number of amides is 1. The van der Waals surface area contributed by atoms with Crippen molar-refractivity contribution in [3.05, 3.63) is 35.1 Å². The van der Waals surface area contributed by atoms with Crippen molar-refractivity contribution in [1.29, 1.82) is 0 Å². The molecule has 0 aliphatic carbocycles. The van der Waals surface area contributed by atoms with Crippen LogP contribution in [0.25, 0.3) is 0 Å². The summed E-state index contributed by atoms with van der Waals surface area (Å²) >= 11 is 0. The molecule has 0 bridgehead atoms. The Balaban J connectivity index is 2.86. The quantitative estimate of drug-likeness (QED) is 0.841. The Hall–Kier alpha value is -1.42. The van der Waals surface area contributed by atoms with E-state index in [2.05, 4.69) is 5.32 Å². The molecule has 0 aliphatic heterocycles. The third-order valence-corrected chi connectivity index (χ3v) is 4.27.